The van der Waals surface area contributed by atoms with Crippen LogP contribution in [0.1, 0.15) is 48.7 Å². The Morgan fingerprint density at radius 2 is 2.05 bits per heavy atom. The third-order valence-electron chi connectivity index (χ3n) is 3.86. The number of nitrogens with one attached hydrogen (secondary N) is 1. The van der Waals surface area contributed by atoms with Gasteiger partial charge in [0.25, 0.3) is 0 Å². The van der Waals surface area contributed by atoms with E-state index in [0.29, 0.717) is 5.92 Å². The molecule has 7 heteroatoms. The standard InChI is InChI=1S/C13H19NO4S2/c1-2-9-3-5-10(6-4-9)14-20(17,18)11-7-8-19-12(11)13(15)16/h7-10,14H,2-6H2,1H3,(H,15,16). The molecule has 1 saturated carbocycles. The van der Waals surface area contributed by atoms with Gasteiger partial charge in [0.1, 0.15) is 9.77 Å². The topological polar surface area (TPSA) is 83.5 Å². The maximum absolute atomic E-state index is 12.3. The summed E-state index contributed by atoms with van der Waals surface area (Å²) < 4.78 is 27.2. The van der Waals surface area contributed by atoms with Crippen LogP contribution < -0.4 is 4.72 Å². The minimum Gasteiger partial charge on any atom is -0.477 e. The molecule has 20 heavy (non-hydrogen) atoms. The second kappa shape index (κ2) is 6.24. The SMILES string of the molecule is CCC1CCC(NS(=O)(=O)c2ccsc2C(=O)O)CC1. The van der Waals surface area contributed by atoms with Crippen molar-refractivity contribution in [1.82, 2.24) is 4.72 Å². The number of aromatic carboxylic acids is 1. The van der Waals surface area contributed by atoms with Gasteiger partial charge in [-0.1, -0.05) is 13.3 Å². The van der Waals surface area contributed by atoms with Crippen molar-refractivity contribution in [3.63, 3.8) is 0 Å². The summed E-state index contributed by atoms with van der Waals surface area (Å²) in [7, 11) is -3.74. The lowest BCUT2D eigenvalue weighted by molar-refractivity contribution is 0.0698. The average Bonchev–Trinajstić information content (AvgIpc) is 2.89. The Labute approximate surface area is 123 Å². The molecule has 0 radical (unpaired) electrons. The second-order valence-corrected chi connectivity index (χ2v) is 7.76. The summed E-state index contributed by atoms with van der Waals surface area (Å²) in [6.07, 6.45) is 4.83. The van der Waals surface area contributed by atoms with Crippen LogP contribution in [0.3, 0.4) is 0 Å². The van der Waals surface area contributed by atoms with E-state index in [1.54, 1.807) is 0 Å². The number of rotatable bonds is 5. The van der Waals surface area contributed by atoms with E-state index in [1.165, 1.54) is 11.4 Å². The highest BCUT2D eigenvalue weighted by atomic mass is 32.2. The predicted octanol–water partition coefficient (Wildman–Crippen LogP) is 2.69. The zero-order valence-electron chi connectivity index (χ0n) is 11.3. The van der Waals surface area contributed by atoms with Crippen molar-refractivity contribution >= 4 is 27.3 Å². The molecule has 1 aromatic rings. The highest BCUT2D eigenvalue weighted by Gasteiger charge is 2.28. The molecule has 0 bridgehead atoms. The molecular formula is C13H19NO4S2. The molecule has 0 saturated heterocycles. The number of thiophene rings is 1. The van der Waals surface area contributed by atoms with E-state index in [1.807, 2.05) is 0 Å². The van der Waals surface area contributed by atoms with Crippen LogP contribution in [0.4, 0.5) is 0 Å². The summed E-state index contributed by atoms with van der Waals surface area (Å²) in [5.74, 6) is -0.512. The van der Waals surface area contributed by atoms with Crippen LogP contribution in [-0.2, 0) is 10.0 Å². The average molecular weight is 317 g/mol. The molecule has 0 atom stereocenters. The van der Waals surface area contributed by atoms with E-state index >= 15 is 0 Å². The number of carboxylic acids is 1. The molecule has 5 nitrogen and oxygen atoms in total. The van der Waals surface area contributed by atoms with E-state index in [4.69, 9.17) is 5.11 Å². The van der Waals surface area contributed by atoms with Gasteiger partial charge in [0.05, 0.1) is 0 Å². The number of hydrogen-bond acceptors (Lipinski definition) is 4. The lowest BCUT2D eigenvalue weighted by Gasteiger charge is -2.28. The molecule has 2 N–H and O–H groups in total. The quantitative estimate of drug-likeness (QED) is 0.874. The van der Waals surface area contributed by atoms with Crippen LogP contribution in [0.2, 0.25) is 0 Å². The summed E-state index contributed by atoms with van der Waals surface area (Å²) in [4.78, 5) is 10.8. The van der Waals surface area contributed by atoms with Crippen molar-refractivity contribution < 1.29 is 18.3 Å². The maximum atomic E-state index is 12.3. The van der Waals surface area contributed by atoms with Gasteiger partial charge in [-0.15, -0.1) is 11.3 Å². The smallest absolute Gasteiger partial charge is 0.347 e. The van der Waals surface area contributed by atoms with Gasteiger partial charge in [0.2, 0.25) is 10.0 Å². The predicted molar refractivity (Wildman–Crippen MR) is 77.6 cm³/mol. The minimum atomic E-state index is -3.74. The Hall–Kier alpha value is -0.920. The van der Waals surface area contributed by atoms with Gasteiger partial charge in [-0.05, 0) is 43.0 Å². The van der Waals surface area contributed by atoms with Crippen molar-refractivity contribution in [2.24, 2.45) is 5.92 Å². The van der Waals surface area contributed by atoms with Gasteiger partial charge < -0.3 is 5.11 Å². The molecule has 0 spiro atoms. The lowest BCUT2D eigenvalue weighted by atomic mass is 9.85. The Bertz CT molecular complexity index is 571. The first-order chi connectivity index (χ1) is 9.44. The lowest BCUT2D eigenvalue weighted by Crippen LogP contribution is -2.37. The fourth-order valence-electron chi connectivity index (χ4n) is 2.64. The molecule has 0 unspecified atom stereocenters. The molecule has 0 aromatic carbocycles. The number of carboxylic acid groups (broad SMARTS) is 1. The molecule has 112 valence electrons. The zero-order chi connectivity index (χ0) is 14.8. The van der Waals surface area contributed by atoms with Crippen molar-refractivity contribution in [1.29, 1.82) is 0 Å². The van der Waals surface area contributed by atoms with E-state index < -0.39 is 16.0 Å². The van der Waals surface area contributed by atoms with Crippen LogP contribution in [-0.4, -0.2) is 25.5 Å². The van der Waals surface area contributed by atoms with E-state index in [2.05, 4.69) is 11.6 Å². The van der Waals surface area contributed by atoms with Crippen molar-refractivity contribution in [2.75, 3.05) is 0 Å². The van der Waals surface area contributed by atoms with Crippen molar-refractivity contribution in [3.05, 3.63) is 16.3 Å². The Balaban J connectivity index is 2.08. The van der Waals surface area contributed by atoms with Crippen molar-refractivity contribution in [3.8, 4) is 0 Å². The molecule has 0 amide bonds. The number of carbonyl (C=O) groups is 1. The summed E-state index contributed by atoms with van der Waals surface area (Å²) in [6.45, 7) is 2.15. The van der Waals surface area contributed by atoms with Gasteiger partial charge in [-0.25, -0.2) is 17.9 Å². The first kappa shape index (κ1) is 15.5. The van der Waals surface area contributed by atoms with Crippen LogP contribution in [0, 0.1) is 5.92 Å². The van der Waals surface area contributed by atoms with Crippen LogP contribution in [0.15, 0.2) is 16.3 Å². The van der Waals surface area contributed by atoms with Gasteiger partial charge in [-0.3, -0.25) is 0 Å². The second-order valence-electron chi connectivity index (χ2n) is 5.17. The van der Waals surface area contributed by atoms with Gasteiger partial charge in [0.15, 0.2) is 0 Å². The summed E-state index contributed by atoms with van der Waals surface area (Å²) in [6, 6.07) is 1.28. The van der Waals surface area contributed by atoms with Gasteiger partial charge in [-0.2, -0.15) is 0 Å². The summed E-state index contributed by atoms with van der Waals surface area (Å²) in [5.41, 5.74) is 0. The van der Waals surface area contributed by atoms with E-state index in [9.17, 15) is 13.2 Å². The first-order valence-corrected chi connectivity index (χ1v) is 9.13. The molecule has 0 aliphatic heterocycles. The van der Waals surface area contributed by atoms with Crippen LogP contribution in [0.25, 0.3) is 0 Å². The normalized spacial score (nSPS) is 23.6. The van der Waals surface area contributed by atoms with Gasteiger partial charge >= 0.3 is 5.97 Å². The Morgan fingerprint density at radius 3 is 2.60 bits per heavy atom. The molecule has 1 aromatic heterocycles. The largest absolute Gasteiger partial charge is 0.477 e. The highest BCUT2D eigenvalue weighted by molar-refractivity contribution is 7.89. The zero-order valence-corrected chi connectivity index (χ0v) is 13.0. The number of hydrogen-bond donors (Lipinski definition) is 2. The van der Waals surface area contributed by atoms with E-state index in [0.717, 1.165) is 43.4 Å². The Kier molecular flexibility index (Phi) is 4.82. The maximum Gasteiger partial charge on any atom is 0.347 e. The van der Waals surface area contributed by atoms with E-state index in [-0.39, 0.29) is 15.8 Å². The molecular weight excluding hydrogens is 298 g/mol. The third-order valence-corrected chi connectivity index (χ3v) is 6.45. The van der Waals surface area contributed by atoms with Crippen LogP contribution in [0.5, 0.6) is 0 Å². The fourth-order valence-corrected chi connectivity index (χ4v) is 5.20. The fraction of sp³-hybridized carbons (Fsp3) is 0.615. The summed E-state index contributed by atoms with van der Waals surface area (Å²) >= 11 is 0.932. The molecule has 1 aliphatic carbocycles. The number of sulfonamides is 1. The first-order valence-electron chi connectivity index (χ1n) is 6.77. The molecule has 1 aliphatic rings. The summed E-state index contributed by atoms with van der Waals surface area (Å²) in [5, 5.41) is 10.5. The van der Waals surface area contributed by atoms with Gasteiger partial charge in [0, 0.05) is 6.04 Å². The van der Waals surface area contributed by atoms with Crippen molar-refractivity contribution in [2.45, 2.75) is 50.0 Å². The molecule has 2 rings (SSSR count). The Morgan fingerprint density at radius 1 is 1.40 bits per heavy atom. The molecule has 1 heterocycles. The highest BCUT2D eigenvalue weighted by Crippen LogP contribution is 2.28. The molecule has 1 fully saturated rings. The minimum absolute atomic E-state index is 0.0793. The monoisotopic (exact) mass is 317 g/mol. The third kappa shape index (κ3) is 3.39. The van der Waals surface area contributed by atoms with Crippen LogP contribution >= 0.6 is 11.3 Å².